The highest BCUT2D eigenvalue weighted by atomic mass is 32.2. The van der Waals surface area contributed by atoms with E-state index in [-0.39, 0.29) is 11.5 Å². The quantitative estimate of drug-likeness (QED) is 0.326. The van der Waals surface area contributed by atoms with Crippen LogP contribution in [0.15, 0.2) is 48.5 Å². The molecule has 0 saturated carbocycles. The third-order valence-corrected chi connectivity index (χ3v) is 7.41. The Morgan fingerprint density at radius 2 is 1.71 bits per heavy atom. The second-order valence-corrected chi connectivity index (χ2v) is 10.3. The Hall–Kier alpha value is -2.95. The topological polar surface area (TPSA) is 121 Å². The van der Waals surface area contributed by atoms with E-state index in [1.807, 2.05) is 62.1 Å². The number of carbonyl (C=O) groups excluding carboxylic acids is 1. The average Bonchev–Trinajstić information content (AvgIpc) is 3.42. The first-order chi connectivity index (χ1) is 16.9. The van der Waals surface area contributed by atoms with Crippen molar-refractivity contribution >= 4 is 15.8 Å². The minimum atomic E-state index is -3.60. The van der Waals surface area contributed by atoms with Crippen LogP contribution in [0.3, 0.4) is 0 Å². The molecule has 3 rings (SSSR count). The van der Waals surface area contributed by atoms with Crippen LogP contribution in [-0.4, -0.2) is 71.2 Å². The molecule has 0 saturated heterocycles. The lowest BCUT2D eigenvalue weighted by atomic mass is 9.95. The van der Waals surface area contributed by atoms with Gasteiger partial charge in [-0.1, -0.05) is 82.1 Å². The summed E-state index contributed by atoms with van der Waals surface area (Å²) in [7, 11) is -3.60. The van der Waals surface area contributed by atoms with Crippen molar-refractivity contribution in [1.29, 1.82) is 0 Å². The van der Waals surface area contributed by atoms with Crippen LogP contribution in [0.2, 0.25) is 0 Å². The molecule has 1 heterocycles. The number of rotatable bonds is 14. The van der Waals surface area contributed by atoms with Crippen molar-refractivity contribution < 1.29 is 13.2 Å². The predicted molar refractivity (Wildman–Crippen MR) is 137 cm³/mol. The number of nitrogens with zero attached hydrogens (tertiary/aromatic N) is 4. The van der Waals surface area contributed by atoms with Crippen LogP contribution < -0.4 is 4.72 Å². The molecule has 2 N–H and O–H groups in total. The first kappa shape index (κ1) is 26.7. The molecule has 1 atom stereocenters. The Morgan fingerprint density at radius 3 is 2.31 bits per heavy atom. The molecule has 0 spiro atoms. The number of sulfonamides is 1. The Morgan fingerprint density at radius 1 is 1.03 bits per heavy atom. The maximum absolute atomic E-state index is 13.3. The van der Waals surface area contributed by atoms with E-state index in [0.717, 1.165) is 42.6 Å². The monoisotopic (exact) mass is 498 g/mol. The van der Waals surface area contributed by atoms with Gasteiger partial charge in [-0.2, -0.15) is 5.21 Å². The lowest BCUT2D eigenvalue weighted by molar-refractivity contribution is 0.0948. The molecule has 188 valence electrons. The SMILES string of the molecule is CCCCC(NS(=O)(=O)CCN(CC)CC)C(=O)c1ccc(-c2ccccc2-c2nn[nH]n2)cc1. The second-order valence-electron chi connectivity index (χ2n) is 8.38. The first-order valence-corrected chi connectivity index (χ1v) is 13.7. The van der Waals surface area contributed by atoms with Gasteiger partial charge in [0.1, 0.15) is 0 Å². The van der Waals surface area contributed by atoms with E-state index in [4.69, 9.17) is 0 Å². The smallest absolute Gasteiger partial charge is 0.213 e. The Bertz CT molecular complexity index is 1180. The number of benzene rings is 2. The van der Waals surface area contributed by atoms with Gasteiger partial charge >= 0.3 is 0 Å². The molecule has 0 aliphatic rings. The molecule has 0 bridgehead atoms. The second kappa shape index (κ2) is 12.7. The van der Waals surface area contributed by atoms with E-state index >= 15 is 0 Å². The van der Waals surface area contributed by atoms with Gasteiger partial charge in [0.25, 0.3) is 0 Å². The molecule has 0 fully saturated rings. The summed E-state index contributed by atoms with van der Waals surface area (Å²) < 4.78 is 28.2. The van der Waals surface area contributed by atoms with Gasteiger partial charge in [-0.3, -0.25) is 4.79 Å². The van der Waals surface area contributed by atoms with Crippen molar-refractivity contribution in [2.75, 3.05) is 25.4 Å². The van der Waals surface area contributed by atoms with Gasteiger partial charge in [0, 0.05) is 17.7 Å². The first-order valence-electron chi connectivity index (χ1n) is 12.1. The summed E-state index contributed by atoms with van der Waals surface area (Å²) in [6.07, 6.45) is 2.09. The van der Waals surface area contributed by atoms with Gasteiger partial charge < -0.3 is 4.90 Å². The number of hydrogen-bond acceptors (Lipinski definition) is 7. The van der Waals surface area contributed by atoms with Gasteiger partial charge in [0.05, 0.1) is 11.8 Å². The van der Waals surface area contributed by atoms with Gasteiger partial charge in [0.15, 0.2) is 5.78 Å². The van der Waals surface area contributed by atoms with Crippen molar-refractivity contribution in [1.82, 2.24) is 30.2 Å². The number of hydrogen-bond donors (Lipinski definition) is 2. The predicted octanol–water partition coefficient (Wildman–Crippen LogP) is 3.54. The fourth-order valence-electron chi connectivity index (χ4n) is 3.94. The van der Waals surface area contributed by atoms with E-state index in [1.165, 1.54) is 0 Å². The molecular weight excluding hydrogens is 464 g/mol. The standard InChI is InChI=1S/C25H34N6O3S/c1-4-7-12-23(28-35(33,34)18-17-31(5-2)6-3)24(32)20-15-13-19(14-16-20)21-10-8-9-11-22(21)25-26-29-30-27-25/h8-11,13-16,23,28H,4-7,12,17-18H2,1-3H3,(H,26,27,29,30). The normalized spacial score (nSPS) is 12.7. The molecule has 9 nitrogen and oxygen atoms in total. The van der Waals surface area contributed by atoms with Crippen molar-refractivity contribution in [3.63, 3.8) is 0 Å². The lowest BCUT2D eigenvalue weighted by Crippen LogP contribution is -2.43. The highest BCUT2D eigenvalue weighted by Gasteiger charge is 2.25. The number of carbonyl (C=O) groups is 1. The largest absolute Gasteiger partial charge is 0.303 e. The number of aromatic amines is 1. The molecule has 35 heavy (non-hydrogen) atoms. The van der Waals surface area contributed by atoms with Gasteiger partial charge in [-0.25, -0.2) is 13.1 Å². The summed E-state index contributed by atoms with van der Waals surface area (Å²) in [6.45, 7) is 8.03. The van der Waals surface area contributed by atoms with Crippen molar-refractivity contribution in [2.24, 2.45) is 0 Å². The average molecular weight is 499 g/mol. The van der Waals surface area contributed by atoms with Crippen LogP contribution in [0.25, 0.3) is 22.5 Å². The Kier molecular flexibility index (Phi) is 9.64. The Balaban J connectivity index is 1.78. The van der Waals surface area contributed by atoms with E-state index in [9.17, 15) is 13.2 Å². The number of aromatic nitrogens is 4. The van der Waals surface area contributed by atoms with Gasteiger partial charge in [-0.05, 0) is 35.9 Å². The summed E-state index contributed by atoms with van der Waals surface area (Å²) in [5.41, 5.74) is 3.10. The summed E-state index contributed by atoms with van der Waals surface area (Å²) in [5.74, 6) is 0.235. The maximum Gasteiger partial charge on any atom is 0.213 e. The minimum absolute atomic E-state index is 0.0314. The molecule has 0 aliphatic heterocycles. The molecule has 1 unspecified atom stereocenters. The third kappa shape index (κ3) is 7.27. The van der Waals surface area contributed by atoms with E-state index in [2.05, 4.69) is 25.3 Å². The lowest BCUT2D eigenvalue weighted by Gasteiger charge is -2.21. The molecule has 1 aromatic heterocycles. The third-order valence-electron chi connectivity index (χ3n) is 6.05. The summed E-state index contributed by atoms with van der Waals surface area (Å²) in [5, 5.41) is 14.2. The zero-order chi connectivity index (χ0) is 25.3. The van der Waals surface area contributed by atoms with E-state index < -0.39 is 16.1 Å². The molecule has 10 heteroatoms. The van der Waals surface area contributed by atoms with Crippen molar-refractivity contribution in [2.45, 2.75) is 46.1 Å². The van der Waals surface area contributed by atoms with Crippen LogP contribution in [-0.2, 0) is 10.0 Å². The Labute approximate surface area is 207 Å². The molecule has 0 radical (unpaired) electrons. The molecular formula is C25H34N6O3S. The molecule has 3 aromatic rings. The molecule has 0 amide bonds. The van der Waals surface area contributed by atoms with E-state index in [0.29, 0.717) is 24.4 Å². The number of tetrazole rings is 1. The minimum Gasteiger partial charge on any atom is -0.303 e. The van der Waals surface area contributed by atoms with Crippen LogP contribution in [0.1, 0.15) is 50.4 Å². The maximum atomic E-state index is 13.3. The van der Waals surface area contributed by atoms with Crippen LogP contribution in [0.4, 0.5) is 0 Å². The summed E-state index contributed by atoms with van der Waals surface area (Å²) in [4.78, 5) is 15.4. The molecule has 0 aliphatic carbocycles. The summed E-state index contributed by atoms with van der Waals surface area (Å²) in [6, 6.07) is 14.1. The van der Waals surface area contributed by atoms with Gasteiger partial charge in [-0.15, -0.1) is 10.2 Å². The number of Topliss-reactive ketones (excluding diaryl/α,β-unsaturated/α-hetero) is 1. The summed E-state index contributed by atoms with van der Waals surface area (Å²) >= 11 is 0. The number of unbranched alkanes of at least 4 members (excludes halogenated alkanes) is 1. The van der Waals surface area contributed by atoms with Crippen molar-refractivity contribution in [3.8, 4) is 22.5 Å². The van der Waals surface area contributed by atoms with Crippen LogP contribution >= 0.6 is 0 Å². The molecule has 2 aromatic carbocycles. The number of ketones is 1. The van der Waals surface area contributed by atoms with E-state index in [1.54, 1.807) is 12.1 Å². The van der Waals surface area contributed by atoms with Crippen LogP contribution in [0, 0.1) is 0 Å². The fraction of sp³-hybridized carbons (Fsp3) is 0.440. The highest BCUT2D eigenvalue weighted by Crippen LogP contribution is 2.30. The van der Waals surface area contributed by atoms with Crippen molar-refractivity contribution in [3.05, 3.63) is 54.1 Å². The highest BCUT2D eigenvalue weighted by molar-refractivity contribution is 7.89. The zero-order valence-electron chi connectivity index (χ0n) is 20.6. The van der Waals surface area contributed by atoms with Gasteiger partial charge in [0.2, 0.25) is 15.8 Å². The number of nitrogens with one attached hydrogen (secondary N) is 2. The zero-order valence-corrected chi connectivity index (χ0v) is 21.4. The fourth-order valence-corrected chi connectivity index (χ4v) is 5.21. The number of H-pyrrole nitrogens is 1. The van der Waals surface area contributed by atoms with Crippen LogP contribution in [0.5, 0.6) is 0 Å².